The molecule has 0 saturated carbocycles. The zero-order valence-corrected chi connectivity index (χ0v) is 18.6. The van der Waals surface area contributed by atoms with Gasteiger partial charge in [0.25, 0.3) is 10.0 Å². The number of hydrogen-bond acceptors (Lipinski definition) is 6. The first-order valence-electron chi connectivity index (χ1n) is 9.79. The number of sulfonamides is 1. The maximum atomic E-state index is 13.4. The van der Waals surface area contributed by atoms with E-state index in [1.807, 2.05) is 24.3 Å². The van der Waals surface area contributed by atoms with E-state index in [0.717, 1.165) is 11.1 Å². The summed E-state index contributed by atoms with van der Waals surface area (Å²) in [6.07, 6.45) is 1.56. The molecule has 0 aliphatic rings. The molecule has 2 aromatic carbocycles. The SMILES string of the molecule is COc1ccc(CN(Cc2ccc(OC)cc2)S(=O)(=O)c2ccn([C@H](C)CO)n2)cc1. The van der Waals surface area contributed by atoms with Crippen LogP contribution >= 0.6 is 0 Å². The molecular weight excluding hydrogens is 418 g/mol. The van der Waals surface area contributed by atoms with Gasteiger partial charge in [-0.2, -0.15) is 9.40 Å². The lowest BCUT2D eigenvalue weighted by Gasteiger charge is -2.22. The predicted molar refractivity (Wildman–Crippen MR) is 116 cm³/mol. The molecule has 1 heterocycles. The molecular formula is C22H27N3O5S. The van der Waals surface area contributed by atoms with Crippen LogP contribution in [0.4, 0.5) is 0 Å². The second-order valence-electron chi connectivity index (χ2n) is 7.13. The quantitative estimate of drug-likeness (QED) is 0.516. The lowest BCUT2D eigenvalue weighted by molar-refractivity contribution is 0.228. The standard InChI is InChI=1S/C22H27N3O5S/c1-17(16-26)25-13-12-22(23-25)31(27,28)24(14-18-4-8-20(29-2)9-5-18)15-19-6-10-21(30-3)11-7-19/h4-13,17,26H,14-16H2,1-3H3/t17-/m1/s1. The smallest absolute Gasteiger partial charge is 0.262 e. The summed E-state index contributed by atoms with van der Waals surface area (Å²) in [6.45, 7) is 1.96. The summed E-state index contributed by atoms with van der Waals surface area (Å²) < 4.78 is 40.1. The lowest BCUT2D eigenvalue weighted by atomic mass is 10.2. The van der Waals surface area contributed by atoms with Gasteiger partial charge in [0, 0.05) is 19.3 Å². The summed E-state index contributed by atoms with van der Waals surface area (Å²) in [5, 5.41) is 13.5. The van der Waals surface area contributed by atoms with E-state index < -0.39 is 10.0 Å². The number of nitrogens with zero attached hydrogens (tertiary/aromatic N) is 3. The number of methoxy groups -OCH3 is 2. The first-order valence-corrected chi connectivity index (χ1v) is 11.2. The van der Waals surface area contributed by atoms with E-state index in [1.165, 1.54) is 15.1 Å². The molecule has 0 bridgehead atoms. The van der Waals surface area contributed by atoms with E-state index in [2.05, 4.69) is 5.10 Å². The van der Waals surface area contributed by atoms with Crippen molar-refractivity contribution < 1.29 is 23.0 Å². The monoisotopic (exact) mass is 445 g/mol. The molecule has 0 fully saturated rings. The number of benzene rings is 2. The maximum absolute atomic E-state index is 13.4. The average Bonchev–Trinajstić information content (AvgIpc) is 3.30. The van der Waals surface area contributed by atoms with Crippen LogP contribution in [0.3, 0.4) is 0 Å². The van der Waals surface area contributed by atoms with Crippen molar-refractivity contribution in [2.75, 3.05) is 20.8 Å². The fourth-order valence-electron chi connectivity index (χ4n) is 3.01. The number of ether oxygens (including phenoxy) is 2. The molecule has 0 spiro atoms. The Hall–Kier alpha value is -2.88. The Morgan fingerprint density at radius 3 is 1.84 bits per heavy atom. The number of aliphatic hydroxyl groups is 1. The van der Waals surface area contributed by atoms with Crippen molar-refractivity contribution in [3.8, 4) is 11.5 Å². The highest BCUT2D eigenvalue weighted by Gasteiger charge is 2.28. The molecule has 0 amide bonds. The van der Waals surface area contributed by atoms with Gasteiger partial charge in [0.05, 0.1) is 26.9 Å². The zero-order valence-electron chi connectivity index (χ0n) is 17.8. The molecule has 8 nitrogen and oxygen atoms in total. The zero-order chi connectivity index (χ0) is 22.4. The highest BCUT2D eigenvalue weighted by atomic mass is 32.2. The Morgan fingerprint density at radius 1 is 0.935 bits per heavy atom. The van der Waals surface area contributed by atoms with Gasteiger partial charge in [0.15, 0.2) is 5.03 Å². The molecule has 166 valence electrons. The van der Waals surface area contributed by atoms with E-state index in [4.69, 9.17) is 9.47 Å². The molecule has 0 aliphatic heterocycles. The van der Waals surface area contributed by atoms with Crippen LogP contribution < -0.4 is 9.47 Å². The van der Waals surface area contributed by atoms with Gasteiger partial charge in [0.1, 0.15) is 11.5 Å². The number of hydrogen-bond donors (Lipinski definition) is 1. The van der Waals surface area contributed by atoms with Crippen molar-refractivity contribution in [2.24, 2.45) is 0 Å². The minimum absolute atomic E-state index is 0.0603. The molecule has 1 atom stereocenters. The van der Waals surface area contributed by atoms with E-state index in [9.17, 15) is 13.5 Å². The molecule has 3 rings (SSSR count). The summed E-state index contributed by atoms with van der Waals surface area (Å²) >= 11 is 0. The first-order chi connectivity index (χ1) is 14.9. The molecule has 0 saturated heterocycles. The van der Waals surface area contributed by atoms with Crippen LogP contribution in [0.2, 0.25) is 0 Å². The molecule has 0 unspecified atom stereocenters. The Kier molecular flexibility index (Phi) is 7.32. The van der Waals surface area contributed by atoms with Crippen LogP contribution in [-0.4, -0.2) is 48.4 Å². The summed E-state index contributed by atoms with van der Waals surface area (Å²) in [7, 11) is -0.728. The minimum atomic E-state index is -3.89. The Balaban J connectivity index is 1.93. The van der Waals surface area contributed by atoms with E-state index in [0.29, 0.717) is 11.5 Å². The summed E-state index contributed by atoms with van der Waals surface area (Å²) in [5.74, 6) is 1.40. The number of rotatable bonds is 10. The molecule has 1 aromatic heterocycles. The van der Waals surface area contributed by atoms with Crippen LogP contribution in [0.15, 0.2) is 65.8 Å². The Bertz CT molecular complexity index is 1030. The topological polar surface area (TPSA) is 93.9 Å². The lowest BCUT2D eigenvalue weighted by Crippen LogP contribution is -2.31. The summed E-state index contributed by atoms with van der Waals surface area (Å²) in [4.78, 5) is 0. The van der Waals surface area contributed by atoms with Crippen LogP contribution in [-0.2, 0) is 23.1 Å². The third-order valence-corrected chi connectivity index (χ3v) is 6.62. The van der Waals surface area contributed by atoms with Crippen molar-refractivity contribution in [1.29, 1.82) is 0 Å². The van der Waals surface area contributed by atoms with Crippen LogP contribution in [0, 0.1) is 0 Å². The average molecular weight is 446 g/mol. The third-order valence-electron chi connectivity index (χ3n) is 4.94. The van der Waals surface area contributed by atoms with Crippen molar-refractivity contribution in [3.05, 3.63) is 71.9 Å². The third kappa shape index (κ3) is 5.43. The van der Waals surface area contributed by atoms with E-state index in [1.54, 1.807) is 51.6 Å². The molecule has 9 heteroatoms. The number of aromatic nitrogens is 2. The van der Waals surface area contributed by atoms with Gasteiger partial charge in [-0.15, -0.1) is 0 Å². The van der Waals surface area contributed by atoms with Gasteiger partial charge in [0.2, 0.25) is 0 Å². The van der Waals surface area contributed by atoms with Crippen molar-refractivity contribution >= 4 is 10.0 Å². The Morgan fingerprint density at radius 2 is 1.42 bits per heavy atom. The minimum Gasteiger partial charge on any atom is -0.497 e. The van der Waals surface area contributed by atoms with Gasteiger partial charge in [-0.3, -0.25) is 4.68 Å². The predicted octanol–water partition coefficient (Wildman–Crippen LogP) is 2.84. The van der Waals surface area contributed by atoms with Crippen LogP contribution in [0.25, 0.3) is 0 Å². The first kappa shape index (κ1) is 22.8. The van der Waals surface area contributed by atoms with Crippen molar-refractivity contribution in [3.63, 3.8) is 0 Å². The molecule has 0 aliphatic carbocycles. The highest BCUT2D eigenvalue weighted by molar-refractivity contribution is 7.89. The van der Waals surface area contributed by atoms with Crippen molar-refractivity contribution in [1.82, 2.24) is 14.1 Å². The second-order valence-corrected chi connectivity index (χ2v) is 9.02. The molecule has 3 aromatic rings. The normalized spacial score (nSPS) is 12.7. The number of aliphatic hydroxyl groups excluding tert-OH is 1. The largest absolute Gasteiger partial charge is 0.497 e. The van der Waals surface area contributed by atoms with Crippen molar-refractivity contribution in [2.45, 2.75) is 31.1 Å². The highest BCUT2D eigenvalue weighted by Crippen LogP contribution is 2.23. The van der Waals surface area contributed by atoms with Gasteiger partial charge >= 0.3 is 0 Å². The Labute approximate surface area is 182 Å². The summed E-state index contributed by atoms with van der Waals surface area (Å²) in [6, 6.07) is 15.7. The molecule has 31 heavy (non-hydrogen) atoms. The van der Waals surface area contributed by atoms with E-state index in [-0.39, 0.29) is 30.8 Å². The fraction of sp³-hybridized carbons (Fsp3) is 0.318. The van der Waals surface area contributed by atoms with E-state index >= 15 is 0 Å². The van der Waals surface area contributed by atoms with Crippen LogP contribution in [0.5, 0.6) is 11.5 Å². The summed E-state index contributed by atoms with van der Waals surface area (Å²) in [5.41, 5.74) is 1.64. The molecule has 1 N–H and O–H groups in total. The van der Waals surface area contributed by atoms with Gasteiger partial charge < -0.3 is 14.6 Å². The second kappa shape index (κ2) is 9.95. The van der Waals surface area contributed by atoms with Gasteiger partial charge in [-0.1, -0.05) is 24.3 Å². The maximum Gasteiger partial charge on any atom is 0.262 e. The van der Waals surface area contributed by atoms with Gasteiger partial charge in [-0.25, -0.2) is 8.42 Å². The van der Waals surface area contributed by atoms with Crippen LogP contribution in [0.1, 0.15) is 24.1 Å². The molecule has 0 radical (unpaired) electrons. The fourth-order valence-corrected chi connectivity index (χ4v) is 4.35. The van der Waals surface area contributed by atoms with Gasteiger partial charge in [-0.05, 0) is 48.4 Å².